The van der Waals surface area contributed by atoms with Gasteiger partial charge < -0.3 is 5.32 Å². The van der Waals surface area contributed by atoms with E-state index in [9.17, 15) is 0 Å². The van der Waals surface area contributed by atoms with Gasteiger partial charge in [-0.3, -0.25) is 0 Å². The van der Waals surface area contributed by atoms with E-state index in [4.69, 9.17) is 0 Å². The lowest BCUT2D eigenvalue weighted by Crippen LogP contribution is -2.24. The first-order valence-electron chi connectivity index (χ1n) is 7.11. The Kier molecular flexibility index (Phi) is 5.81. The van der Waals surface area contributed by atoms with Crippen molar-refractivity contribution in [2.75, 3.05) is 6.54 Å². The summed E-state index contributed by atoms with van der Waals surface area (Å²) in [5.74, 6) is 0. The standard InChI is InChI=1S/C14H23N3S/c1-2-10-15-14(13-11-18-17-16-13)12-8-6-4-3-5-7-9-12/h8,11,14-15H,2-7,9-10H2,1H3. The van der Waals surface area contributed by atoms with Crippen LogP contribution in [0.2, 0.25) is 0 Å². The van der Waals surface area contributed by atoms with Gasteiger partial charge in [0.1, 0.15) is 0 Å². The van der Waals surface area contributed by atoms with Crippen molar-refractivity contribution >= 4 is 11.5 Å². The molecule has 3 nitrogen and oxygen atoms in total. The molecule has 0 spiro atoms. The highest BCUT2D eigenvalue weighted by atomic mass is 32.1. The zero-order valence-electron chi connectivity index (χ0n) is 11.2. The van der Waals surface area contributed by atoms with Crippen LogP contribution in [0, 0.1) is 0 Å². The van der Waals surface area contributed by atoms with Gasteiger partial charge in [0.2, 0.25) is 0 Å². The second-order valence-electron chi connectivity index (χ2n) is 4.95. The SMILES string of the molecule is CCCNC(C1=CCCCCCC1)c1csnn1. The molecule has 0 aromatic carbocycles. The van der Waals surface area contributed by atoms with Gasteiger partial charge in [-0.25, -0.2) is 0 Å². The first-order valence-corrected chi connectivity index (χ1v) is 7.94. The lowest BCUT2D eigenvalue weighted by atomic mass is 9.93. The van der Waals surface area contributed by atoms with Crippen molar-refractivity contribution in [3.63, 3.8) is 0 Å². The van der Waals surface area contributed by atoms with Crippen molar-refractivity contribution in [2.45, 2.75) is 57.9 Å². The second-order valence-corrected chi connectivity index (χ2v) is 5.56. The fourth-order valence-corrected chi connectivity index (χ4v) is 2.97. The van der Waals surface area contributed by atoms with Crippen LogP contribution in [0.4, 0.5) is 0 Å². The summed E-state index contributed by atoms with van der Waals surface area (Å²) in [6.45, 7) is 3.25. The molecule has 1 aliphatic carbocycles. The minimum Gasteiger partial charge on any atom is -0.305 e. The third-order valence-corrected chi connectivity index (χ3v) is 3.99. The molecule has 1 N–H and O–H groups in total. The molecule has 1 aromatic heterocycles. The van der Waals surface area contributed by atoms with E-state index in [1.807, 2.05) is 0 Å². The molecule has 100 valence electrons. The van der Waals surface area contributed by atoms with Crippen LogP contribution in [0.5, 0.6) is 0 Å². The summed E-state index contributed by atoms with van der Waals surface area (Å²) in [5.41, 5.74) is 2.62. The molecule has 1 heterocycles. The van der Waals surface area contributed by atoms with Crippen LogP contribution in [-0.2, 0) is 0 Å². The second kappa shape index (κ2) is 7.64. The fourth-order valence-electron chi connectivity index (χ4n) is 2.49. The number of nitrogens with one attached hydrogen (secondary N) is 1. The Morgan fingerprint density at radius 3 is 3.00 bits per heavy atom. The first kappa shape index (κ1) is 13.7. The summed E-state index contributed by atoms with van der Waals surface area (Å²) in [6, 6.07) is 0.293. The van der Waals surface area contributed by atoms with Crippen molar-refractivity contribution in [2.24, 2.45) is 0 Å². The topological polar surface area (TPSA) is 37.8 Å². The van der Waals surface area contributed by atoms with Crippen molar-refractivity contribution < 1.29 is 0 Å². The van der Waals surface area contributed by atoms with Gasteiger partial charge in [-0.15, -0.1) is 5.10 Å². The third-order valence-electron chi connectivity index (χ3n) is 3.47. The van der Waals surface area contributed by atoms with Crippen LogP contribution in [0.3, 0.4) is 0 Å². The number of hydrogen-bond donors (Lipinski definition) is 1. The van der Waals surface area contributed by atoms with E-state index >= 15 is 0 Å². The number of rotatable bonds is 5. The lowest BCUT2D eigenvalue weighted by Gasteiger charge is -2.21. The maximum atomic E-state index is 4.26. The van der Waals surface area contributed by atoms with Crippen LogP contribution in [0.25, 0.3) is 0 Å². The highest BCUT2D eigenvalue weighted by Gasteiger charge is 2.18. The van der Waals surface area contributed by atoms with Gasteiger partial charge in [-0.1, -0.05) is 35.9 Å². The van der Waals surface area contributed by atoms with E-state index in [1.54, 1.807) is 0 Å². The molecule has 0 amide bonds. The van der Waals surface area contributed by atoms with Gasteiger partial charge in [-0.2, -0.15) is 0 Å². The number of nitrogens with zero attached hydrogens (tertiary/aromatic N) is 2. The van der Waals surface area contributed by atoms with Crippen LogP contribution < -0.4 is 5.32 Å². The quantitative estimate of drug-likeness (QED) is 0.822. The monoisotopic (exact) mass is 265 g/mol. The molecule has 0 radical (unpaired) electrons. The molecule has 1 aliphatic rings. The fraction of sp³-hybridized carbons (Fsp3) is 0.714. The highest BCUT2D eigenvalue weighted by Crippen LogP contribution is 2.28. The largest absolute Gasteiger partial charge is 0.305 e. The van der Waals surface area contributed by atoms with Gasteiger partial charge in [0.05, 0.1) is 11.7 Å². The molecular formula is C14H23N3S. The van der Waals surface area contributed by atoms with E-state index in [0.29, 0.717) is 6.04 Å². The Morgan fingerprint density at radius 2 is 2.22 bits per heavy atom. The van der Waals surface area contributed by atoms with Crippen LogP contribution >= 0.6 is 11.5 Å². The zero-order chi connectivity index (χ0) is 12.6. The van der Waals surface area contributed by atoms with Crippen LogP contribution in [0.1, 0.15) is 63.6 Å². The predicted octanol–water partition coefficient (Wildman–Crippen LogP) is 3.86. The van der Waals surface area contributed by atoms with Crippen molar-refractivity contribution in [3.05, 3.63) is 22.7 Å². The Morgan fingerprint density at radius 1 is 1.33 bits per heavy atom. The summed E-state index contributed by atoms with van der Waals surface area (Å²) >= 11 is 1.45. The average Bonchev–Trinajstić information content (AvgIpc) is 2.85. The summed E-state index contributed by atoms with van der Waals surface area (Å²) in [4.78, 5) is 0. The Balaban J connectivity index is 2.11. The molecule has 1 unspecified atom stereocenters. The van der Waals surface area contributed by atoms with E-state index in [2.05, 4.69) is 33.3 Å². The van der Waals surface area contributed by atoms with Gasteiger partial charge in [0.15, 0.2) is 0 Å². The minimum atomic E-state index is 0.293. The van der Waals surface area contributed by atoms with Crippen molar-refractivity contribution in [1.29, 1.82) is 0 Å². The maximum absolute atomic E-state index is 4.26. The van der Waals surface area contributed by atoms with Crippen LogP contribution in [-0.4, -0.2) is 16.1 Å². The number of allylic oxidation sites excluding steroid dienone is 1. The van der Waals surface area contributed by atoms with Gasteiger partial charge >= 0.3 is 0 Å². The molecule has 0 aliphatic heterocycles. The molecule has 0 bridgehead atoms. The minimum absolute atomic E-state index is 0.293. The molecule has 1 atom stereocenters. The lowest BCUT2D eigenvalue weighted by molar-refractivity contribution is 0.532. The van der Waals surface area contributed by atoms with E-state index in [0.717, 1.165) is 18.7 Å². The summed E-state index contributed by atoms with van der Waals surface area (Å²) in [6.07, 6.45) is 11.4. The van der Waals surface area contributed by atoms with E-state index < -0.39 is 0 Å². The maximum Gasteiger partial charge on any atom is 0.0966 e. The molecule has 0 saturated heterocycles. The number of aromatic nitrogens is 2. The summed E-state index contributed by atoms with van der Waals surface area (Å²) in [5, 5.41) is 9.97. The molecule has 0 fully saturated rings. The van der Waals surface area contributed by atoms with Gasteiger partial charge in [0.25, 0.3) is 0 Å². The van der Waals surface area contributed by atoms with Crippen molar-refractivity contribution in [1.82, 2.24) is 14.9 Å². The van der Waals surface area contributed by atoms with E-state index in [-0.39, 0.29) is 0 Å². The molecule has 4 heteroatoms. The Labute approximate surface area is 114 Å². The molecule has 1 aromatic rings. The molecule has 18 heavy (non-hydrogen) atoms. The zero-order valence-corrected chi connectivity index (χ0v) is 12.0. The summed E-state index contributed by atoms with van der Waals surface area (Å²) < 4.78 is 4.01. The molecular weight excluding hydrogens is 242 g/mol. The predicted molar refractivity (Wildman–Crippen MR) is 76.7 cm³/mol. The van der Waals surface area contributed by atoms with Gasteiger partial charge in [0, 0.05) is 5.38 Å². The summed E-state index contributed by atoms with van der Waals surface area (Å²) in [7, 11) is 0. The molecule has 0 saturated carbocycles. The normalized spacial score (nSPS) is 18.8. The average molecular weight is 265 g/mol. The first-order chi connectivity index (χ1) is 8.92. The van der Waals surface area contributed by atoms with Crippen molar-refractivity contribution in [3.8, 4) is 0 Å². The third kappa shape index (κ3) is 3.89. The van der Waals surface area contributed by atoms with Crippen LogP contribution in [0.15, 0.2) is 17.0 Å². The Bertz CT molecular complexity index is 359. The van der Waals surface area contributed by atoms with E-state index in [1.165, 1.54) is 55.6 Å². The molecule has 2 rings (SSSR count). The number of hydrogen-bond acceptors (Lipinski definition) is 4. The Hall–Kier alpha value is -0.740. The highest BCUT2D eigenvalue weighted by molar-refractivity contribution is 7.03. The smallest absolute Gasteiger partial charge is 0.0966 e. The van der Waals surface area contributed by atoms with Gasteiger partial charge in [-0.05, 0) is 50.2 Å².